The van der Waals surface area contributed by atoms with Gasteiger partial charge >= 0.3 is 0 Å². The predicted molar refractivity (Wildman–Crippen MR) is 89.4 cm³/mol. The first-order chi connectivity index (χ1) is 9.93. The standard InChI is InChI=1S/C16H20ClN3S/c1-16(2,3)15-19-13(17)9-14(20-15)18-11-5-4-6-12-10(11)7-8-21-12/h7-9,11H,4-6H2,1-3H3,(H,18,19,20). The van der Waals surface area contributed by atoms with Crippen molar-refractivity contribution in [1.82, 2.24) is 9.97 Å². The van der Waals surface area contributed by atoms with Gasteiger partial charge in [0.1, 0.15) is 16.8 Å². The van der Waals surface area contributed by atoms with Gasteiger partial charge in [-0.2, -0.15) is 0 Å². The Morgan fingerprint density at radius 2 is 2.14 bits per heavy atom. The maximum absolute atomic E-state index is 6.16. The van der Waals surface area contributed by atoms with Gasteiger partial charge in [0.15, 0.2) is 0 Å². The molecular weight excluding hydrogens is 302 g/mol. The fourth-order valence-corrected chi connectivity index (χ4v) is 3.81. The molecule has 0 aromatic carbocycles. The zero-order valence-electron chi connectivity index (χ0n) is 12.6. The Kier molecular flexibility index (Phi) is 3.93. The number of hydrogen-bond acceptors (Lipinski definition) is 4. The first-order valence-corrected chi connectivity index (χ1v) is 8.57. The minimum Gasteiger partial charge on any atom is -0.363 e. The van der Waals surface area contributed by atoms with Crippen LogP contribution in [-0.2, 0) is 11.8 Å². The second-order valence-electron chi connectivity index (χ2n) is 6.54. The van der Waals surface area contributed by atoms with Crippen molar-refractivity contribution in [1.29, 1.82) is 0 Å². The Balaban J connectivity index is 1.88. The minimum absolute atomic E-state index is 0.110. The van der Waals surface area contributed by atoms with Crippen LogP contribution in [0.1, 0.15) is 55.9 Å². The van der Waals surface area contributed by atoms with Crippen molar-refractivity contribution in [2.45, 2.75) is 51.5 Å². The molecule has 1 aliphatic carbocycles. The van der Waals surface area contributed by atoms with Crippen molar-refractivity contribution in [2.24, 2.45) is 0 Å². The number of nitrogens with one attached hydrogen (secondary N) is 1. The number of aromatic nitrogens is 2. The summed E-state index contributed by atoms with van der Waals surface area (Å²) in [6, 6.07) is 4.38. The van der Waals surface area contributed by atoms with E-state index in [-0.39, 0.29) is 5.41 Å². The summed E-state index contributed by atoms with van der Waals surface area (Å²) in [6.07, 6.45) is 3.55. The Hall–Kier alpha value is -1.13. The van der Waals surface area contributed by atoms with Crippen molar-refractivity contribution in [3.8, 4) is 0 Å². The summed E-state index contributed by atoms with van der Waals surface area (Å²) >= 11 is 8.02. The third-order valence-corrected chi connectivity index (χ3v) is 4.93. The van der Waals surface area contributed by atoms with Crippen molar-refractivity contribution in [3.63, 3.8) is 0 Å². The van der Waals surface area contributed by atoms with Gasteiger partial charge in [-0.05, 0) is 36.3 Å². The fraction of sp³-hybridized carbons (Fsp3) is 0.500. The number of anilines is 1. The molecule has 0 bridgehead atoms. The van der Waals surface area contributed by atoms with E-state index in [1.54, 1.807) is 0 Å². The molecule has 0 saturated carbocycles. The summed E-state index contributed by atoms with van der Waals surface area (Å²) in [5.41, 5.74) is 1.31. The number of thiophene rings is 1. The lowest BCUT2D eigenvalue weighted by molar-refractivity contribution is 0.543. The third-order valence-electron chi connectivity index (χ3n) is 3.74. The molecule has 0 spiro atoms. The zero-order valence-corrected chi connectivity index (χ0v) is 14.2. The van der Waals surface area contributed by atoms with Crippen LogP contribution in [-0.4, -0.2) is 9.97 Å². The van der Waals surface area contributed by atoms with Gasteiger partial charge in [0.05, 0.1) is 6.04 Å². The molecule has 2 aromatic heterocycles. The quantitative estimate of drug-likeness (QED) is 0.793. The van der Waals surface area contributed by atoms with Crippen LogP contribution >= 0.6 is 22.9 Å². The summed E-state index contributed by atoms with van der Waals surface area (Å²) in [5.74, 6) is 1.60. The number of hydrogen-bond donors (Lipinski definition) is 1. The average Bonchev–Trinajstić information content (AvgIpc) is 2.86. The van der Waals surface area contributed by atoms with Crippen LogP contribution in [0.2, 0.25) is 5.15 Å². The molecule has 0 aliphatic heterocycles. The first kappa shape index (κ1) is 14.8. The highest BCUT2D eigenvalue weighted by Crippen LogP contribution is 2.35. The number of aryl methyl sites for hydroxylation is 1. The van der Waals surface area contributed by atoms with Gasteiger partial charge < -0.3 is 5.32 Å². The third kappa shape index (κ3) is 3.22. The van der Waals surface area contributed by atoms with Crippen LogP contribution in [0.4, 0.5) is 5.82 Å². The second-order valence-corrected chi connectivity index (χ2v) is 7.93. The van der Waals surface area contributed by atoms with Crippen LogP contribution in [0.5, 0.6) is 0 Å². The van der Waals surface area contributed by atoms with Crippen LogP contribution in [0.25, 0.3) is 0 Å². The van der Waals surface area contributed by atoms with Gasteiger partial charge in [0.2, 0.25) is 0 Å². The number of rotatable bonds is 2. The summed E-state index contributed by atoms with van der Waals surface area (Å²) in [5, 5.41) is 6.23. The van der Waals surface area contributed by atoms with Crippen molar-refractivity contribution in [3.05, 3.63) is 38.9 Å². The largest absolute Gasteiger partial charge is 0.363 e. The Labute approximate surface area is 134 Å². The Morgan fingerprint density at radius 1 is 1.33 bits per heavy atom. The van der Waals surface area contributed by atoms with E-state index in [1.807, 2.05) is 17.4 Å². The van der Waals surface area contributed by atoms with E-state index in [1.165, 1.54) is 23.3 Å². The van der Waals surface area contributed by atoms with Gasteiger partial charge in [-0.25, -0.2) is 9.97 Å². The van der Waals surface area contributed by atoms with E-state index in [0.717, 1.165) is 18.1 Å². The molecule has 3 nitrogen and oxygen atoms in total. The molecule has 0 radical (unpaired) electrons. The Morgan fingerprint density at radius 3 is 2.90 bits per heavy atom. The molecule has 3 rings (SSSR count). The van der Waals surface area contributed by atoms with E-state index < -0.39 is 0 Å². The van der Waals surface area contributed by atoms with E-state index in [4.69, 9.17) is 11.6 Å². The summed E-state index contributed by atoms with van der Waals surface area (Å²) in [6.45, 7) is 6.29. The normalized spacial score (nSPS) is 18.4. The molecular formula is C16H20ClN3S. The lowest BCUT2D eigenvalue weighted by Gasteiger charge is -2.25. The zero-order chi connectivity index (χ0) is 15.0. The highest BCUT2D eigenvalue weighted by Gasteiger charge is 2.23. The number of halogens is 1. The van der Waals surface area contributed by atoms with Gasteiger partial charge in [-0.1, -0.05) is 32.4 Å². The highest BCUT2D eigenvalue weighted by atomic mass is 35.5. The van der Waals surface area contributed by atoms with Crippen LogP contribution in [0.3, 0.4) is 0 Å². The van der Waals surface area contributed by atoms with E-state index >= 15 is 0 Å². The molecule has 1 atom stereocenters. The van der Waals surface area contributed by atoms with E-state index in [9.17, 15) is 0 Å². The van der Waals surface area contributed by atoms with Crippen LogP contribution < -0.4 is 5.32 Å². The average molecular weight is 322 g/mol. The topological polar surface area (TPSA) is 37.8 Å². The lowest BCUT2D eigenvalue weighted by Crippen LogP contribution is -2.20. The van der Waals surface area contributed by atoms with Gasteiger partial charge in [0.25, 0.3) is 0 Å². The smallest absolute Gasteiger partial charge is 0.137 e. The van der Waals surface area contributed by atoms with Gasteiger partial charge in [0, 0.05) is 16.4 Å². The van der Waals surface area contributed by atoms with Crippen molar-refractivity contribution < 1.29 is 0 Å². The maximum atomic E-state index is 6.16. The molecule has 21 heavy (non-hydrogen) atoms. The summed E-state index contributed by atoms with van der Waals surface area (Å²) < 4.78 is 0. The molecule has 5 heteroatoms. The summed E-state index contributed by atoms with van der Waals surface area (Å²) in [7, 11) is 0. The maximum Gasteiger partial charge on any atom is 0.137 e. The van der Waals surface area contributed by atoms with Crippen LogP contribution in [0.15, 0.2) is 17.5 Å². The SMILES string of the molecule is CC(C)(C)c1nc(Cl)cc(NC2CCCc3sccc32)n1. The highest BCUT2D eigenvalue weighted by molar-refractivity contribution is 7.10. The van der Waals surface area contributed by atoms with Crippen LogP contribution in [0, 0.1) is 0 Å². The minimum atomic E-state index is -0.110. The van der Waals surface area contributed by atoms with E-state index in [2.05, 4.69) is 47.5 Å². The molecule has 112 valence electrons. The van der Waals surface area contributed by atoms with Crippen molar-refractivity contribution >= 4 is 28.8 Å². The molecule has 1 aliphatic rings. The van der Waals surface area contributed by atoms with E-state index in [0.29, 0.717) is 11.2 Å². The van der Waals surface area contributed by atoms with Crippen molar-refractivity contribution in [2.75, 3.05) is 5.32 Å². The number of fused-ring (bicyclic) bond motifs is 1. The molecule has 0 amide bonds. The summed E-state index contributed by atoms with van der Waals surface area (Å²) in [4.78, 5) is 10.5. The first-order valence-electron chi connectivity index (χ1n) is 7.31. The molecule has 0 saturated heterocycles. The number of nitrogens with zero attached hydrogens (tertiary/aromatic N) is 2. The molecule has 0 fully saturated rings. The molecule has 1 unspecified atom stereocenters. The molecule has 2 aromatic rings. The molecule has 1 N–H and O–H groups in total. The van der Waals surface area contributed by atoms with Gasteiger partial charge in [-0.3, -0.25) is 0 Å². The monoisotopic (exact) mass is 321 g/mol. The molecule has 2 heterocycles. The van der Waals surface area contributed by atoms with Gasteiger partial charge in [-0.15, -0.1) is 11.3 Å². The second kappa shape index (κ2) is 5.58. The lowest BCUT2D eigenvalue weighted by atomic mass is 9.94. The fourth-order valence-electron chi connectivity index (χ4n) is 2.64. The predicted octanol–water partition coefficient (Wildman–Crippen LogP) is 4.98. The Bertz CT molecular complexity index is 645.